The first kappa shape index (κ1) is 13.5. The molecular formula is C7H2ClF2IN2O2S. The highest BCUT2D eigenvalue weighted by Gasteiger charge is 2.25. The number of nitrogens with zero attached hydrogens (tertiary/aromatic N) is 2. The molecule has 0 amide bonds. The van der Waals surface area contributed by atoms with Gasteiger partial charge in [0, 0.05) is 16.2 Å². The minimum absolute atomic E-state index is 0.0196. The predicted octanol–water partition coefficient (Wildman–Crippen LogP) is 2.42. The largest absolute Gasteiger partial charge is 0.280 e. The van der Waals surface area contributed by atoms with E-state index < -0.39 is 31.6 Å². The van der Waals surface area contributed by atoms with Crippen LogP contribution in [0.25, 0.3) is 0 Å². The summed E-state index contributed by atoms with van der Waals surface area (Å²) in [4.78, 5) is 3.47. The maximum Gasteiger partial charge on any atom is 0.280 e. The second-order valence-corrected chi connectivity index (χ2v) is 6.15. The van der Waals surface area contributed by atoms with Crippen molar-refractivity contribution in [3.8, 4) is 6.07 Å². The summed E-state index contributed by atoms with van der Waals surface area (Å²) in [7, 11) is 0.678. The maximum absolute atomic E-state index is 12.5. The molecule has 4 nitrogen and oxygen atoms in total. The minimum atomic E-state index is -4.32. The highest BCUT2D eigenvalue weighted by molar-refractivity contribution is 14.1. The van der Waals surface area contributed by atoms with Crippen molar-refractivity contribution in [3.63, 3.8) is 0 Å². The van der Waals surface area contributed by atoms with Gasteiger partial charge in [-0.25, -0.2) is 22.2 Å². The molecule has 0 bridgehead atoms. The summed E-state index contributed by atoms with van der Waals surface area (Å²) in [5.41, 5.74) is -1.41. The van der Waals surface area contributed by atoms with E-state index in [0.717, 1.165) is 6.07 Å². The zero-order valence-electron chi connectivity index (χ0n) is 7.29. The molecule has 0 N–H and O–H groups in total. The molecule has 0 saturated heterocycles. The van der Waals surface area contributed by atoms with E-state index in [1.54, 1.807) is 22.6 Å². The van der Waals surface area contributed by atoms with Crippen molar-refractivity contribution >= 4 is 42.3 Å². The van der Waals surface area contributed by atoms with E-state index in [1.807, 2.05) is 0 Å². The molecule has 0 fully saturated rings. The van der Waals surface area contributed by atoms with Gasteiger partial charge in [-0.15, -0.1) is 0 Å². The Labute approximate surface area is 108 Å². The SMILES string of the molecule is N#Cc1c(C(F)F)cc(I)nc1S(=O)(=O)Cl. The molecule has 0 atom stereocenters. The smallest absolute Gasteiger partial charge is 0.228 e. The maximum atomic E-state index is 12.5. The third-order valence-corrected chi connectivity index (χ3v) is 3.31. The van der Waals surface area contributed by atoms with Crippen LogP contribution < -0.4 is 0 Å². The van der Waals surface area contributed by atoms with Crippen LogP contribution in [0.1, 0.15) is 17.6 Å². The van der Waals surface area contributed by atoms with Crippen molar-refractivity contribution in [2.24, 2.45) is 0 Å². The molecule has 1 rings (SSSR count). The standard InChI is InChI=1S/C7H2ClF2IN2O2S/c8-16(14,15)7-4(2-12)3(6(9)10)1-5(11)13-7/h1,6H. The summed E-state index contributed by atoms with van der Waals surface area (Å²) in [5.74, 6) is 0. The lowest BCUT2D eigenvalue weighted by Gasteiger charge is -2.06. The van der Waals surface area contributed by atoms with Gasteiger partial charge in [0.05, 0.1) is 5.56 Å². The van der Waals surface area contributed by atoms with Gasteiger partial charge in [0.2, 0.25) is 0 Å². The molecule has 86 valence electrons. The van der Waals surface area contributed by atoms with E-state index >= 15 is 0 Å². The topological polar surface area (TPSA) is 70.8 Å². The summed E-state index contributed by atoms with van der Waals surface area (Å²) in [6.07, 6.45) is -2.97. The number of pyridine rings is 1. The van der Waals surface area contributed by atoms with Crippen molar-refractivity contribution in [3.05, 3.63) is 20.9 Å². The first-order chi connectivity index (χ1) is 7.27. The van der Waals surface area contributed by atoms with Crippen LogP contribution >= 0.6 is 33.3 Å². The van der Waals surface area contributed by atoms with Crippen LogP contribution in [-0.4, -0.2) is 13.4 Å². The number of hydrogen-bond donors (Lipinski definition) is 0. The molecule has 9 heteroatoms. The predicted molar refractivity (Wildman–Crippen MR) is 59.7 cm³/mol. The van der Waals surface area contributed by atoms with Crippen LogP contribution in [0.15, 0.2) is 11.1 Å². The van der Waals surface area contributed by atoms with Crippen molar-refractivity contribution in [2.75, 3.05) is 0 Å². The van der Waals surface area contributed by atoms with Gasteiger partial charge in [-0.3, -0.25) is 0 Å². The van der Waals surface area contributed by atoms with Gasteiger partial charge in [-0.2, -0.15) is 5.26 Å². The highest BCUT2D eigenvalue weighted by Crippen LogP contribution is 2.29. The van der Waals surface area contributed by atoms with Gasteiger partial charge >= 0.3 is 0 Å². The fourth-order valence-electron chi connectivity index (χ4n) is 0.970. The summed E-state index contributed by atoms with van der Waals surface area (Å²) in [6, 6.07) is 2.31. The molecule has 0 aliphatic carbocycles. The summed E-state index contributed by atoms with van der Waals surface area (Å²) >= 11 is 1.56. The van der Waals surface area contributed by atoms with E-state index in [0.29, 0.717) is 0 Å². The Kier molecular flexibility index (Phi) is 4.03. The zero-order valence-corrected chi connectivity index (χ0v) is 11.0. The quantitative estimate of drug-likeness (QED) is 0.450. The number of aromatic nitrogens is 1. The van der Waals surface area contributed by atoms with Crippen LogP contribution in [0, 0.1) is 15.0 Å². The monoisotopic (exact) mass is 378 g/mol. The Hall–Kier alpha value is -0.530. The lowest BCUT2D eigenvalue weighted by atomic mass is 10.1. The molecule has 0 aromatic carbocycles. The summed E-state index contributed by atoms with van der Waals surface area (Å²) in [5, 5.41) is 7.82. The van der Waals surface area contributed by atoms with Crippen molar-refractivity contribution in [1.82, 2.24) is 4.98 Å². The second kappa shape index (κ2) is 4.77. The normalized spacial score (nSPS) is 11.5. The van der Waals surface area contributed by atoms with Crippen LogP contribution in [0.2, 0.25) is 0 Å². The average Bonchev–Trinajstić information content (AvgIpc) is 2.14. The molecule has 0 aliphatic rings. The fraction of sp³-hybridized carbons (Fsp3) is 0.143. The zero-order chi connectivity index (χ0) is 12.5. The lowest BCUT2D eigenvalue weighted by molar-refractivity contribution is 0.150. The minimum Gasteiger partial charge on any atom is -0.228 e. The van der Waals surface area contributed by atoms with Crippen molar-refractivity contribution in [2.45, 2.75) is 11.5 Å². The van der Waals surface area contributed by atoms with Gasteiger partial charge < -0.3 is 0 Å². The number of alkyl halides is 2. The molecule has 0 spiro atoms. The number of halogens is 4. The van der Waals surface area contributed by atoms with E-state index in [2.05, 4.69) is 4.98 Å². The van der Waals surface area contributed by atoms with Gasteiger partial charge in [0.25, 0.3) is 15.5 Å². The van der Waals surface area contributed by atoms with Crippen molar-refractivity contribution < 1.29 is 17.2 Å². The van der Waals surface area contributed by atoms with Crippen LogP contribution in [0.4, 0.5) is 8.78 Å². The molecule has 0 unspecified atom stereocenters. The third kappa shape index (κ3) is 2.78. The van der Waals surface area contributed by atoms with E-state index in [4.69, 9.17) is 15.9 Å². The number of nitriles is 1. The number of rotatable bonds is 2. The first-order valence-corrected chi connectivity index (χ1v) is 6.99. The van der Waals surface area contributed by atoms with Gasteiger partial charge in [0.15, 0.2) is 5.03 Å². The lowest BCUT2D eigenvalue weighted by Crippen LogP contribution is -2.05. The molecule has 0 aliphatic heterocycles. The molecule has 16 heavy (non-hydrogen) atoms. The van der Waals surface area contributed by atoms with E-state index in [1.165, 1.54) is 6.07 Å². The van der Waals surface area contributed by atoms with Crippen molar-refractivity contribution in [1.29, 1.82) is 5.26 Å². The van der Waals surface area contributed by atoms with Crippen LogP contribution in [0.5, 0.6) is 0 Å². The van der Waals surface area contributed by atoms with Crippen LogP contribution in [0.3, 0.4) is 0 Å². The Bertz CT molecular complexity index is 570. The Morgan fingerprint density at radius 3 is 2.50 bits per heavy atom. The molecule has 1 aromatic heterocycles. The fourth-order valence-corrected chi connectivity index (χ4v) is 2.66. The van der Waals surface area contributed by atoms with E-state index in [-0.39, 0.29) is 3.70 Å². The summed E-state index contributed by atoms with van der Waals surface area (Å²) in [6.45, 7) is 0. The van der Waals surface area contributed by atoms with E-state index in [9.17, 15) is 17.2 Å². The Balaban J connectivity index is 3.71. The molecule has 1 heterocycles. The second-order valence-electron chi connectivity index (χ2n) is 2.56. The Morgan fingerprint density at radius 2 is 2.12 bits per heavy atom. The summed E-state index contributed by atoms with van der Waals surface area (Å²) < 4.78 is 47.2. The van der Waals surface area contributed by atoms with Gasteiger partial charge in [0.1, 0.15) is 9.77 Å². The molecular weight excluding hydrogens is 377 g/mol. The van der Waals surface area contributed by atoms with Gasteiger partial charge in [-0.1, -0.05) is 0 Å². The van der Waals surface area contributed by atoms with Gasteiger partial charge in [-0.05, 0) is 28.7 Å². The number of hydrogen-bond acceptors (Lipinski definition) is 4. The third-order valence-electron chi connectivity index (χ3n) is 1.56. The average molecular weight is 379 g/mol. The molecule has 0 saturated carbocycles. The highest BCUT2D eigenvalue weighted by atomic mass is 127. The Morgan fingerprint density at radius 1 is 1.56 bits per heavy atom. The van der Waals surface area contributed by atoms with Crippen LogP contribution in [-0.2, 0) is 9.05 Å². The molecule has 0 radical (unpaired) electrons. The first-order valence-electron chi connectivity index (χ1n) is 3.60. The molecule has 1 aromatic rings.